The van der Waals surface area contributed by atoms with Crippen molar-refractivity contribution in [2.45, 2.75) is 85.0 Å². The number of carbonyl (C=O) groups excluding carboxylic acids is 2. The predicted molar refractivity (Wildman–Crippen MR) is 168 cm³/mol. The monoisotopic (exact) mass is 540 g/mol. The Bertz CT molecular complexity index is 1200. The zero-order chi connectivity index (χ0) is 28.7. The third-order valence-electron chi connectivity index (χ3n) is 7.87. The number of aryl methyl sites for hydroxylation is 2. The molecule has 4 heteroatoms. The summed E-state index contributed by atoms with van der Waals surface area (Å²) in [6, 6.07) is 24.9. The van der Waals surface area contributed by atoms with Crippen LogP contribution in [0, 0.1) is 12.8 Å². The Kier molecular flexibility index (Phi) is 13.0. The van der Waals surface area contributed by atoms with E-state index < -0.39 is 0 Å². The van der Waals surface area contributed by atoms with E-state index in [2.05, 4.69) is 80.8 Å². The lowest BCUT2D eigenvalue weighted by Crippen LogP contribution is -2.34. The van der Waals surface area contributed by atoms with Crippen LogP contribution < -0.4 is 10.6 Å². The number of carbonyl (C=O) groups is 2. The Hall–Kier alpha value is -3.40. The summed E-state index contributed by atoms with van der Waals surface area (Å²) in [5.41, 5.74) is 6.66. The van der Waals surface area contributed by atoms with Gasteiger partial charge in [0.25, 0.3) is 5.91 Å². The van der Waals surface area contributed by atoms with Gasteiger partial charge in [0.2, 0.25) is 5.91 Å². The van der Waals surface area contributed by atoms with Crippen LogP contribution in [0.4, 0.5) is 0 Å². The summed E-state index contributed by atoms with van der Waals surface area (Å²) >= 11 is 0. The van der Waals surface area contributed by atoms with E-state index in [1.807, 2.05) is 30.3 Å². The maximum atomic E-state index is 13.2. The van der Waals surface area contributed by atoms with Gasteiger partial charge in [-0.3, -0.25) is 9.59 Å². The van der Waals surface area contributed by atoms with Crippen molar-refractivity contribution in [3.63, 3.8) is 0 Å². The fourth-order valence-corrected chi connectivity index (χ4v) is 5.41. The normalized spacial score (nSPS) is 11.8. The molecule has 3 rings (SSSR count). The van der Waals surface area contributed by atoms with Crippen LogP contribution in [0.15, 0.2) is 72.8 Å². The molecule has 0 spiro atoms. The van der Waals surface area contributed by atoms with E-state index in [4.69, 9.17) is 0 Å². The Morgan fingerprint density at radius 3 is 2.10 bits per heavy atom. The molecule has 1 atom stereocenters. The summed E-state index contributed by atoms with van der Waals surface area (Å²) in [4.78, 5) is 25.8. The number of nitrogens with one attached hydrogen (secondary N) is 2. The second-order valence-corrected chi connectivity index (χ2v) is 11.0. The average molecular weight is 541 g/mol. The minimum absolute atomic E-state index is 0.0391. The van der Waals surface area contributed by atoms with Crippen molar-refractivity contribution in [1.82, 2.24) is 10.6 Å². The molecule has 0 saturated heterocycles. The van der Waals surface area contributed by atoms with Crippen LogP contribution in [-0.2, 0) is 11.2 Å². The van der Waals surface area contributed by atoms with Gasteiger partial charge in [-0.15, -0.1) is 0 Å². The minimum atomic E-state index is -0.106. The third kappa shape index (κ3) is 9.36. The standard InChI is InChI=1S/C36H48N2O2/c1-5-8-15-28-16-13-17-32(26-28)30-19-21-31(22-20-30)35(39)37-23-10-9-11-24-38-36(40)34(29(6-2)7-3)33-18-12-14-27(4)25-33/h12-14,16-22,25-26,29,34H,5-11,15,23-24H2,1-4H3,(H,37,39)(H,38,40). The van der Waals surface area contributed by atoms with Gasteiger partial charge >= 0.3 is 0 Å². The molecule has 0 heterocycles. The molecular weight excluding hydrogens is 492 g/mol. The lowest BCUT2D eigenvalue weighted by atomic mass is 9.81. The highest BCUT2D eigenvalue weighted by Gasteiger charge is 2.27. The minimum Gasteiger partial charge on any atom is -0.356 e. The molecule has 0 aromatic heterocycles. The molecule has 0 aliphatic heterocycles. The number of hydrogen-bond acceptors (Lipinski definition) is 2. The molecule has 4 nitrogen and oxygen atoms in total. The molecule has 0 saturated carbocycles. The molecule has 214 valence electrons. The highest BCUT2D eigenvalue weighted by atomic mass is 16.2. The van der Waals surface area contributed by atoms with Gasteiger partial charge in [0.05, 0.1) is 5.92 Å². The molecule has 3 aromatic rings. The van der Waals surface area contributed by atoms with E-state index in [1.54, 1.807) is 0 Å². The van der Waals surface area contributed by atoms with Gasteiger partial charge in [-0.1, -0.05) is 106 Å². The van der Waals surface area contributed by atoms with E-state index >= 15 is 0 Å². The topological polar surface area (TPSA) is 58.2 Å². The average Bonchev–Trinajstić information content (AvgIpc) is 2.98. The van der Waals surface area contributed by atoms with E-state index in [1.165, 1.54) is 29.5 Å². The largest absolute Gasteiger partial charge is 0.356 e. The Labute approximate surface area is 242 Å². The lowest BCUT2D eigenvalue weighted by Gasteiger charge is -2.25. The molecule has 0 fully saturated rings. The molecular formula is C36H48N2O2. The molecule has 2 amide bonds. The molecule has 0 bridgehead atoms. The van der Waals surface area contributed by atoms with E-state index in [-0.39, 0.29) is 17.7 Å². The maximum absolute atomic E-state index is 13.2. The van der Waals surface area contributed by atoms with Crippen molar-refractivity contribution < 1.29 is 9.59 Å². The van der Waals surface area contributed by atoms with Crippen LogP contribution >= 0.6 is 0 Å². The Balaban J connectivity index is 1.39. The van der Waals surface area contributed by atoms with Crippen LogP contribution in [0.5, 0.6) is 0 Å². The van der Waals surface area contributed by atoms with Gasteiger partial charge in [0, 0.05) is 18.7 Å². The second kappa shape index (κ2) is 16.6. The number of amides is 2. The SMILES string of the molecule is CCCCc1cccc(-c2ccc(C(=O)NCCCCCNC(=O)C(c3cccc(C)c3)C(CC)CC)cc2)c1. The lowest BCUT2D eigenvalue weighted by molar-refractivity contribution is -0.123. The number of rotatable bonds is 16. The van der Waals surface area contributed by atoms with Gasteiger partial charge in [-0.2, -0.15) is 0 Å². The number of unbranched alkanes of at least 4 members (excludes halogenated alkanes) is 3. The van der Waals surface area contributed by atoms with Crippen LogP contribution in [0.1, 0.15) is 98.7 Å². The summed E-state index contributed by atoms with van der Waals surface area (Å²) in [6.45, 7) is 9.92. The molecule has 2 N–H and O–H groups in total. The molecule has 0 radical (unpaired) electrons. The summed E-state index contributed by atoms with van der Waals surface area (Å²) in [6.07, 6.45) is 8.20. The predicted octanol–water partition coefficient (Wildman–Crippen LogP) is 8.24. The molecule has 0 aliphatic carbocycles. The Morgan fingerprint density at radius 2 is 1.43 bits per heavy atom. The first-order valence-electron chi connectivity index (χ1n) is 15.3. The van der Waals surface area contributed by atoms with Crippen LogP contribution in [0.25, 0.3) is 11.1 Å². The van der Waals surface area contributed by atoms with Gasteiger partial charge in [0.1, 0.15) is 0 Å². The molecule has 40 heavy (non-hydrogen) atoms. The van der Waals surface area contributed by atoms with Crippen LogP contribution in [0.2, 0.25) is 0 Å². The number of hydrogen-bond donors (Lipinski definition) is 2. The van der Waals surface area contributed by atoms with Crippen molar-refractivity contribution in [3.05, 3.63) is 95.1 Å². The van der Waals surface area contributed by atoms with E-state index in [0.717, 1.165) is 49.7 Å². The van der Waals surface area contributed by atoms with Crippen LogP contribution in [0.3, 0.4) is 0 Å². The van der Waals surface area contributed by atoms with Crippen LogP contribution in [-0.4, -0.2) is 24.9 Å². The molecule has 3 aromatic carbocycles. The fraction of sp³-hybridized carbons (Fsp3) is 0.444. The highest BCUT2D eigenvalue weighted by Crippen LogP contribution is 2.30. The highest BCUT2D eigenvalue weighted by molar-refractivity contribution is 5.94. The first kappa shape index (κ1) is 31.1. The van der Waals surface area contributed by atoms with Crippen molar-refractivity contribution in [2.75, 3.05) is 13.1 Å². The third-order valence-corrected chi connectivity index (χ3v) is 7.87. The van der Waals surface area contributed by atoms with Gasteiger partial charge in [0.15, 0.2) is 0 Å². The van der Waals surface area contributed by atoms with E-state index in [0.29, 0.717) is 24.6 Å². The van der Waals surface area contributed by atoms with Gasteiger partial charge in [-0.25, -0.2) is 0 Å². The molecule has 1 unspecified atom stereocenters. The fourth-order valence-electron chi connectivity index (χ4n) is 5.41. The first-order valence-corrected chi connectivity index (χ1v) is 15.3. The van der Waals surface area contributed by atoms with Gasteiger partial charge < -0.3 is 10.6 Å². The second-order valence-electron chi connectivity index (χ2n) is 11.0. The molecule has 0 aliphatic rings. The zero-order valence-corrected chi connectivity index (χ0v) is 25.0. The summed E-state index contributed by atoms with van der Waals surface area (Å²) in [5.74, 6) is 0.319. The van der Waals surface area contributed by atoms with Crippen molar-refractivity contribution in [3.8, 4) is 11.1 Å². The van der Waals surface area contributed by atoms with Gasteiger partial charge in [-0.05, 0) is 79.3 Å². The Morgan fingerprint density at radius 1 is 0.725 bits per heavy atom. The number of benzene rings is 3. The smallest absolute Gasteiger partial charge is 0.251 e. The summed E-state index contributed by atoms with van der Waals surface area (Å²) < 4.78 is 0. The quantitative estimate of drug-likeness (QED) is 0.180. The summed E-state index contributed by atoms with van der Waals surface area (Å²) in [5, 5.41) is 6.22. The summed E-state index contributed by atoms with van der Waals surface area (Å²) in [7, 11) is 0. The first-order chi connectivity index (χ1) is 19.5. The van der Waals surface area contributed by atoms with Crippen molar-refractivity contribution in [1.29, 1.82) is 0 Å². The maximum Gasteiger partial charge on any atom is 0.251 e. The van der Waals surface area contributed by atoms with Crippen molar-refractivity contribution in [2.24, 2.45) is 5.92 Å². The van der Waals surface area contributed by atoms with E-state index in [9.17, 15) is 9.59 Å². The zero-order valence-electron chi connectivity index (χ0n) is 25.0. The van der Waals surface area contributed by atoms with Crippen molar-refractivity contribution >= 4 is 11.8 Å².